The molecule has 2 heterocycles. The van der Waals surface area contributed by atoms with Crippen molar-refractivity contribution in [2.45, 2.75) is 65.4 Å². The first kappa shape index (κ1) is 28.1. The van der Waals surface area contributed by atoms with Crippen molar-refractivity contribution in [3.05, 3.63) is 76.9 Å². The van der Waals surface area contributed by atoms with E-state index in [2.05, 4.69) is 4.90 Å². The van der Waals surface area contributed by atoms with Gasteiger partial charge in [0.1, 0.15) is 11.6 Å². The van der Waals surface area contributed by atoms with Crippen LogP contribution in [0, 0.1) is 18.2 Å². The number of carbonyl (C=O) groups is 1. The number of hydrogen-bond donors (Lipinski definition) is 1. The van der Waals surface area contributed by atoms with Crippen LogP contribution in [-0.4, -0.2) is 42.4 Å². The lowest BCUT2D eigenvalue weighted by Gasteiger charge is -2.49. The molecular weight excluding hydrogens is 507 g/mol. The molecule has 6 nitrogen and oxygen atoms in total. The van der Waals surface area contributed by atoms with Gasteiger partial charge in [-0.3, -0.25) is 9.78 Å². The van der Waals surface area contributed by atoms with Crippen LogP contribution in [0.3, 0.4) is 0 Å². The highest BCUT2D eigenvalue weighted by atomic mass is 19.1. The van der Waals surface area contributed by atoms with Crippen molar-refractivity contribution in [3.8, 4) is 16.9 Å². The maximum Gasteiger partial charge on any atom is 0.307 e. The Kier molecular flexibility index (Phi) is 8.69. The van der Waals surface area contributed by atoms with E-state index >= 15 is 0 Å². The summed E-state index contributed by atoms with van der Waals surface area (Å²) in [5, 5.41) is 9.83. The van der Waals surface area contributed by atoms with Gasteiger partial charge in [0, 0.05) is 42.9 Å². The molecule has 1 aliphatic carbocycles. The third kappa shape index (κ3) is 6.30. The Morgan fingerprint density at radius 2 is 1.75 bits per heavy atom. The first-order chi connectivity index (χ1) is 19.4. The number of nitrogens with zero attached hydrogens (tertiary/aromatic N) is 2. The minimum atomic E-state index is -0.855. The van der Waals surface area contributed by atoms with Crippen molar-refractivity contribution < 1.29 is 23.8 Å². The van der Waals surface area contributed by atoms with E-state index < -0.39 is 5.97 Å². The van der Waals surface area contributed by atoms with E-state index in [9.17, 15) is 14.3 Å². The lowest BCUT2D eigenvalue weighted by Crippen LogP contribution is -2.44. The number of rotatable bonds is 11. The highest BCUT2D eigenvalue weighted by Crippen LogP contribution is 2.50. The number of anilines is 1. The topological polar surface area (TPSA) is 71.9 Å². The lowest BCUT2D eigenvalue weighted by molar-refractivity contribution is -0.136. The Labute approximate surface area is 236 Å². The molecule has 7 heteroatoms. The molecule has 0 amide bonds. The summed E-state index contributed by atoms with van der Waals surface area (Å²) in [5.74, 6) is -0.353. The molecule has 5 rings (SSSR count). The molecule has 0 unspecified atom stereocenters. The predicted octanol–water partition coefficient (Wildman–Crippen LogP) is 6.75. The van der Waals surface area contributed by atoms with E-state index in [-0.39, 0.29) is 12.2 Å². The molecule has 1 spiro atoms. The Morgan fingerprint density at radius 1 is 1.05 bits per heavy atom. The smallest absolute Gasteiger partial charge is 0.307 e. The molecule has 0 bridgehead atoms. The Balaban J connectivity index is 1.45. The molecule has 2 aliphatic rings. The second-order valence-corrected chi connectivity index (χ2v) is 11.1. The summed E-state index contributed by atoms with van der Waals surface area (Å²) >= 11 is 0. The van der Waals surface area contributed by atoms with Gasteiger partial charge in [0.25, 0.3) is 0 Å². The number of piperidine rings is 1. The van der Waals surface area contributed by atoms with Gasteiger partial charge in [-0.2, -0.15) is 0 Å². The van der Waals surface area contributed by atoms with Gasteiger partial charge in [0.2, 0.25) is 0 Å². The van der Waals surface area contributed by atoms with Crippen LogP contribution >= 0.6 is 0 Å². The predicted molar refractivity (Wildman–Crippen MR) is 154 cm³/mol. The number of ether oxygens (including phenoxy) is 2. The van der Waals surface area contributed by atoms with Gasteiger partial charge >= 0.3 is 5.97 Å². The van der Waals surface area contributed by atoms with Gasteiger partial charge in [-0.25, -0.2) is 4.39 Å². The summed E-state index contributed by atoms with van der Waals surface area (Å²) in [6.07, 6.45) is 6.83. The highest BCUT2D eigenvalue weighted by molar-refractivity contribution is 5.86. The molecule has 2 fully saturated rings. The maximum atomic E-state index is 13.2. The molecule has 40 heavy (non-hydrogen) atoms. The number of carboxylic acid groups (broad SMARTS) is 1. The van der Waals surface area contributed by atoms with E-state index in [0.717, 1.165) is 71.0 Å². The first-order valence-electron chi connectivity index (χ1n) is 14.4. The third-order valence-electron chi connectivity index (χ3n) is 8.59. The molecule has 212 valence electrons. The summed E-state index contributed by atoms with van der Waals surface area (Å²) in [7, 11) is 0. The molecule has 2 aromatic carbocycles. The Hall–Kier alpha value is -3.45. The number of halogens is 1. The van der Waals surface area contributed by atoms with Crippen LogP contribution in [-0.2, 0) is 29.0 Å². The molecule has 1 aromatic heterocycles. The van der Waals surface area contributed by atoms with Crippen molar-refractivity contribution in [1.82, 2.24) is 4.98 Å². The first-order valence-corrected chi connectivity index (χ1v) is 14.4. The van der Waals surface area contributed by atoms with Gasteiger partial charge in [0.05, 0.1) is 31.0 Å². The second-order valence-electron chi connectivity index (χ2n) is 11.1. The lowest BCUT2D eigenvalue weighted by atomic mass is 9.63. The zero-order chi connectivity index (χ0) is 28.1. The van der Waals surface area contributed by atoms with Gasteiger partial charge in [-0.15, -0.1) is 0 Å². The highest BCUT2D eigenvalue weighted by Gasteiger charge is 2.40. The van der Waals surface area contributed by atoms with E-state index in [1.807, 2.05) is 38.1 Å². The fourth-order valence-electron chi connectivity index (χ4n) is 6.14. The van der Waals surface area contributed by atoms with Crippen LogP contribution in [0.25, 0.3) is 11.1 Å². The van der Waals surface area contributed by atoms with Crippen molar-refractivity contribution >= 4 is 11.7 Å². The van der Waals surface area contributed by atoms with E-state index in [4.69, 9.17) is 14.5 Å². The third-order valence-corrected chi connectivity index (χ3v) is 8.59. The van der Waals surface area contributed by atoms with Crippen molar-refractivity contribution in [3.63, 3.8) is 0 Å². The van der Waals surface area contributed by atoms with Crippen LogP contribution in [0.4, 0.5) is 10.1 Å². The quantitative estimate of drug-likeness (QED) is 0.287. The second kappa shape index (κ2) is 12.4. The monoisotopic (exact) mass is 546 g/mol. The van der Waals surface area contributed by atoms with E-state index in [1.165, 1.54) is 31.4 Å². The summed E-state index contributed by atoms with van der Waals surface area (Å²) in [6.45, 7) is 7.13. The molecule has 1 saturated heterocycles. The number of benzene rings is 2. The van der Waals surface area contributed by atoms with Gasteiger partial charge in [0.15, 0.2) is 0 Å². The summed E-state index contributed by atoms with van der Waals surface area (Å²) < 4.78 is 25.0. The summed E-state index contributed by atoms with van der Waals surface area (Å²) in [5.41, 5.74) is 6.78. The summed E-state index contributed by atoms with van der Waals surface area (Å²) in [6, 6.07) is 14.4. The fourth-order valence-corrected chi connectivity index (χ4v) is 6.14. The van der Waals surface area contributed by atoms with Crippen molar-refractivity contribution in [2.24, 2.45) is 5.41 Å². The largest absolute Gasteiger partial charge is 0.493 e. The minimum Gasteiger partial charge on any atom is -0.493 e. The zero-order valence-electron chi connectivity index (χ0n) is 23.5. The van der Waals surface area contributed by atoms with E-state index in [1.54, 1.807) is 12.1 Å². The molecule has 0 radical (unpaired) electrons. The average molecular weight is 547 g/mol. The van der Waals surface area contributed by atoms with E-state index in [0.29, 0.717) is 31.7 Å². The standard InChI is InChI=1S/C33H39FN2O4/c1-3-39-22-29-31(25-7-11-27(12-8-25)40-20-13-24-5-9-26(34)10-6-24)32(28(21-30(37)38)23(2)35-29)36-18-16-33(17-19-36)14-4-15-33/h5-12H,3-4,13-22H2,1-2H3,(H,37,38). The van der Waals surface area contributed by atoms with Crippen LogP contribution in [0.15, 0.2) is 48.5 Å². The maximum absolute atomic E-state index is 13.2. The molecule has 1 saturated carbocycles. The van der Waals surface area contributed by atoms with Crippen molar-refractivity contribution in [1.29, 1.82) is 0 Å². The minimum absolute atomic E-state index is 0.0672. The van der Waals surface area contributed by atoms with Crippen LogP contribution in [0.5, 0.6) is 5.75 Å². The summed E-state index contributed by atoms with van der Waals surface area (Å²) in [4.78, 5) is 19.3. The normalized spacial score (nSPS) is 16.1. The number of aliphatic carboxylic acids is 1. The van der Waals surface area contributed by atoms with Crippen molar-refractivity contribution in [2.75, 3.05) is 31.2 Å². The molecule has 1 aliphatic heterocycles. The average Bonchev–Trinajstić information content (AvgIpc) is 2.93. The van der Waals surface area contributed by atoms with Gasteiger partial charge in [-0.05, 0) is 80.3 Å². The van der Waals surface area contributed by atoms with Crippen LogP contribution in [0.2, 0.25) is 0 Å². The molecule has 3 aromatic rings. The van der Waals surface area contributed by atoms with Gasteiger partial charge < -0.3 is 19.5 Å². The molecule has 0 atom stereocenters. The Bertz CT molecular complexity index is 1310. The number of pyridine rings is 1. The van der Waals surface area contributed by atoms with Gasteiger partial charge in [-0.1, -0.05) is 30.7 Å². The number of aromatic nitrogens is 1. The Morgan fingerprint density at radius 3 is 2.35 bits per heavy atom. The molecule has 1 N–H and O–H groups in total. The fraction of sp³-hybridized carbons (Fsp3) is 0.455. The van der Waals surface area contributed by atoms with Crippen LogP contribution < -0.4 is 9.64 Å². The number of carboxylic acids is 1. The zero-order valence-corrected chi connectivity index (χ0v) is 23.5. The SMILES string of the molecule is CCOCc1nc(C)c(CC(=O)O)c(N2CCC3(CCC3)CC2)c1-c1ccc(OCCc2ccc(F)cc2)cc1. The number of aryl methyl sites for hydroxylation is 1. The van der Waals surface area contributed by atoms with Crippen LogP contribution in [0.1, 0.15) is 61.5 Å². The molecular formula is C33H39FN2O4. The number of hydrogen-bond acceptors (Lipinski definition) is 5.